The first-order chi connectivity index (χ1) is 8.58. The van der Waals surface area contributed by atoms with E-state index >= 15 is 0 Å². The van der Waals surface area contributed by atoms with Gasteiger partial charge in [-0.05, 0) is 19.0 Å². The van der Waals surface area contributed by atoms with Gasteiger partial charge in [0.25, 0.3) is 0 Å². The molecule has 3 amide bonds. The van der Waals surface area contributed by atoms with Crippen molar-refractivity contribution in [2.24, 2.45) is 5.92 Å². The number of urea groups is 1. The summed E-state index contributed by atoms with van der Waals surface area (Å²) in [4.78, 5) is 29.0. The number of amides is 3. The molecule has 6 nitrogen and oxygen atoms in total. The van der Waals surface area contributed by atoms with Crippen molar-refractivity contribution >= 4 is 11.9 Å². The molecule has 2 aliphatic rings. The summed E-state index contributed by atoms with van der Waals surface area (Å²) in [7, 11) is 3.51. The van der Waals surface area contributed by atoms with Gasteiger partial charge in [0, 0.05) is 46.7 Å². The van der Waals surface area contributed by atoms with Crippen molar-refractivity contribution < 1.29 is 9.59 Å². The molecule has 0 bridgehead atoms. The molecule has 0 aromatic rings. The van der Waals surface area contributed by atoms with Gasteiger partial charge in [-0.2, -0.15) is 0 Å². The zero-order valence-electron chi connectivity index (χ0n) is 11.2. The summed E-state index contributed by atoms with van der Waals surface area (Å²) in [6.07, 6.45) is 0.647. The van der Waals surface area contributed by atoms with Gasteiger partial charge in [-0.3, -0.25) is 4.79 Å². The Hall–Kier alpha value is -1.30. The van der Waals surface area contributed by atoms with Crippen molar-refractivity contribution in [1.29, 1.82) is 0 Å². The summed E-state index contributed by atoms with van der Waals surface area (Å²) >= 11 is 0. The number of nitrogens with zero attached hydrogens (tertiary/aromatic N) is 3. The molecule has 0 unspecified atom stereocenters. The molecular formula is C12H22N4O2. The van der Waals surface area contributed by atoms with E-state index in [1.807, 2.05) is 4.90 Å². The second-order valence-electron chi connectivity index (χ2n) is 5.27. The van der Waals surface area contributed by atoms with Crippen LogP contribution in [0.25, 0.3) is 0 Å². The van der Waals surface area contributed by atoms with E-state index in [0.717, 1.165) is 13.1 Å². The highest BCUT2D eigenvalue weighted by atomic mass is 16.2. The van der Waals surface area contributed by atoms with Gasteiger partial charge in [0.1, 0.15) is 0 Å². The maximum atomic E-state index is 12.0. The second kappa shape index (κ2) is 5.56. The zero-order chi connectivity index (χ0) is 13.1. The molecule has 18 heavy (non-hydrogen) atoms. The van der Waals surface area contributed by atoms with E-state index in [2.05, 4.69) is 5.32 Å². The van der Waals surface area contributed by atoms with Gasteiger partial charge in [0.2, 0.25) is 5.91 Å². The van der Waals surface area contributed by atoms with Gasteiger partial charge in [-0.15, -0.1) is 0 Å². The van der Waals surface area contributed by atoms with Gasteiger partial charge in [0.05, 0.1) is 0 Å². The van der Waals surface area contributed by atoms with Crippen molar-refractivity contribution in [2.75, 3.05) is 53.4 Å². The Morgan fingerprint density at radius 2 is 1.67 bits per heavy atom. The van der Waals surface area contributed by atoms with Crippen molar-refractivity contribution in [3.63, 3.8) is 0 Å². The Morgan fingerprint density at radius 1 is 1.11 bits per heavy atom. The first-order valence-corrected chi connectivity index (χ1v) is 6.52. The minimum Gasteiger partial charge on any atom is -0.339 e. The van der Waals surface area contributed by atoms with Crippen LogP contribution in [0.1, 0.15) is 6.42 Å². The van der Waals surface area contributed by atoms with Crippen LogP contribution in [0.2, 0.25) is 0 Å². The third kappa shape index (κ3) is 2.93. The number of carbonyl (C=O) groups is 2. The van der Waals surface area contributed by atoms with Gasteiger partial charge in [-0.25, -0.2) is 4.79 Å². The molecule has 2 aliphatic heterocycles. The second-order valence-corrected chi connectivity index (χ2v) is 5.27. The molecule has 2 heterocycles. The van der Waals surface area contributed by atoms with Crippen LogP contribution < -0.4 is 5.32 Å². The third-order valence-electron chi connectivity index (χ3n) is 3.61. The molecule has 2 saturated heterocycles. The molecule has 0 radical (unpaired) electrons. The summed E-state index contributed by atoms with van der Waals surface area (Å²) in [6.45, 7) is 4.55. The van der Waals surface area contributed by atoms with Gasteiger partial charge < -0.3 is 20.0 Å². The fourth-order valence-electron chi connectivity index (χ4n) is 2.30. The van der Waals surface area contributed by atoms with Crippen LogP contribution in [-0.4, -0.2) is 80.0 Å². The highest BCUT2D eigenvalue weighted by molar-refractivity contribution is 5.78. The number of carbonyl (C=O) groups excluding carboxylic acids is 2. The van der Waals surface area contributed by atoms with Crippen LogP contribution >= 0.6 is 0 Å². The van der Waals surface area contributed by atoms with Crippen molar-refractivity contribution in [1.82, 2.24) is 20.0 Å². The van der Waals surface area contributed by atoms with E-state index < -0.39 is 0 Å². The summed E-state index contributed by atoms with van der Waals surface area (Å²) in [5.74, 6) is 0.748. The van der Waals surface area contributed by atoms with Gasteiger partial charge in [0.15, 0.2) is 0 Å². The Bertz CT molecular complexity index is 320. The molecule has 0 saturated carbocycles. The average molecular weight is 254 g/mol. The van der Waals surface area contributed by atoms with Gasteiger partial charge >= 0.3 is 6.03 Å². The first-order valence-electron chi connectivity index (χ1n) is 6.52. The molecule has 0 aliphatic carbocycles. The Morgan fingerprint density at radius 3 is 2.11 bits per heavy atom. The largest absolute Gasteiger partial charge is 0.339 e. The molecule has 0 aromatic carbocycles. The minimum atomic E-state index is 0.0327. The lowest BCUT2D eigenvalue weighted by Gasteiger charge is -2.37. The molecule has 1 N–H and O–H groups in total. The number of nitrogens with one attached hydrogen (secondary N) is 1. The van der Waals surface area contributed by atoms with Crippen LogP contribution in [0.15, 0.2) is 0 Å². The summed E-state index contributed by atoms with van der Waals surface area (Å²) < 4.78 is 0. The van der Waals surface area contributed by atoms with E-state index in [1.54, 1.807) is 23.9 Å². The Kier molecular flexibility index (Phi) is 4.06. The van der Waals surface area contributed by atoms with E-state index in [-0.39, 0.29) is 11.9 Å². The summed E-state index contributed by atoms with van der Waals surface area (Å²) in [6, 6.07) is 0.0327. The molecule has 0 spiro atoms. The van der Waals surface area contributed by atoms with Crippen molar-refractivity contribution in [3.8, 4) is 0 Å². The fourth-order valence-corrected chi connectivity index (χ4v) is 2.30. The van der Waals surface area contributed by atoms with Crippen molar-refractivity contribution in [2.45, 2.75) is 6.42 Å². The van der Waals surface area contributed by atoms with Crippen LogP contribution in [0.3, 0.4) is 0 Å². The molecule has 6 heteroatoms. The Balaban J connectivity index is 1.75. The predicted octanol–water partition coefficient (Wildman–Crippen LogP) is -0.578. The highest BCUT2D eigenvalue weighted by Crippen LogP contribution is 2.12. The van der Waals surface area contributed by atoms with Crippen LogP contribution in [0, 0.1) is 5.92 Å². The van der Waals surface area contributed by atoms with Crippen LogP contribution in [0.5, 0.6) is 0 Å². The maximum Gasteiger partial charge on any atom is 0.319 e. The predicted molar refractivity (Wildman–Crippen MR) is 68.2 cm³/mol. The average Bonchev–Trinajstić information content (AvgIpc) is 2.32. The fraction of sp³-hybridized carbons (Fsp3) is 0.833. The van der Waals surface area contributed by atoms with Crippen LogP contribution in [-0.2, 0) is 4.79 Å². The van der Waals surface area contributed by atoms with Crippen molar-refractivity contribution in [3.05, 3.63) is 0 Å². The third-order valence-corrected chi connectivity index (χ3v) is 3.61. The molecule has 0 aromatic heterocycles. The smallest absolute Gasteiger partial charge is 0.319 e. The topological polar surface area (TPSA) is 55.9 Å². The SMILES string of the molecule is CN(C)C(=O)N1CCN(C(=O)CC2CNC2)CC1. The first kappa shape index (κ1) is 13.1. The van der Waals surface area contributed by atoms with E-state index in [0.29, 0.717) is 38.5 Å². The van der Waals surface area contributed by atoms with Crippen LogP contribution in [0.4, 0.5) is 4.79 Å². The number of hydrogen-bond donors (Lipinski definition) is 1. The molecular weight excluding hydrogens is 232 g/mol. The number of piperazine rings is 1. The number of rotatable bonds is 2. The highest BCUT2D eigenvalue weighted by Gasteiger charge is 2.27. The lowest BCUT2D eigenvalue weighted by atomic mass is 9.98. The van der Waals surface area contributed by atoms with E-state index in [1.165, 1.54) is 0 Å². The van der Waals surface area contributed by atoms with E-state index in [4.69, 9.17) is 0 Å². The summed E-state index contributed by atoms with van der Waals surface area (Å²) in [5, 5.41) is 3.17. The molecule has 2 fully saturated rings. The number of hydrogen-bond acceptors (Lipinski definition) is 3. The standard InChI is InChI=1S/C12H22N4O2/c1-14(2)12(18)16-5-3-15(4-6-16)11(17)7-10-8-13-9-10/h10,13H,3-9H2,1-2H3. The summed E-state index contributed by atoms with van der Waals surface area (Å²) in [5.41, 5.74) is 0. The van der Waals surface area contributed by atoms with E-state index in [9.17, 15) is 9.59 Å². The molecule has 0 atom stereocenters. The maximum absolute atomic E-state index is 12.0. The minimum absolute atomic E-state index is 0.0327. The Labute approximate surface area is 108 Å². The lowest BCUT2D eigenvalue weighted by Crippen LogP contribution is -2.54. The molecule has 102 valence electrons. The monoisotopic (exact) mass is 254 g/mol. The normalized spacial score (nSPS) is 20.6. The quantitative estimate of drug-likeness (QED) is 0.717. The van der Waals surface area contributed by atoms with Gasteiger partial charge in [-0.1, -0.05) is 0 Å². The lowest BCUT2D eigenvalue weighted by molar-refractivity contribution is -0.134. The molecule has 2 rings (SSSR count). The zero-order valence-corrected chi connectivity index (χ0v) is 11.2.